The number of thiophene rings is 1. The van der Waals surface area contributed by atoms with Crippen LogP contribution in [0.1, 0.15) is 37.7 Å². The third kappa shape index (κ3) is 4.53. The summed E-state index contributed by atoms with van der Waals surface area (Å²) >= 11 is 4.58. The third-order valence-electron chi connectivity index (χ3n) is 3.40. The van der Waals surface area contributed by atoms with Crippen LogP contribution in [-0.2, 0) is 14.8 Å². The van der Waals surface area contributed by atoms with Crippen molar-refractivity contribution in [2.24, 2.45) is 0 Å². The molecule has 7 heteroatoms. The molecule has 1 heterocycles. The minimum Gasteiger partial charge on any atom is -0.377 e. The van der Waals surface area contributed by atoms with Crippen LogP contribution in [0.2, 0.25) is 0 Å². The number of rotatable bonds is 6. The van der Waals surface area contributed by atoms with E-state index in [1.54, 1.807) is 6.07 Å². The molecule has 0 aromatic carbocycles. The summed E-state index contributed by atoms with van der Waals surface area (Å²) in [5.74, 6) is 0. The molecule has 114 valence electrons. The zero-order chi connectivity index (χ0) is 14.6. The molecule has 1 aromatic rings. The van der Waals surface area contributed by atoms with E-state index in [1.807, 2.05) is 6.92 Å². The van der Waals surface area contributed by atoms with Crippen LogP contribution in [0.5, 0.6) is 0 Å². The molecule has 1 aromatic heterocycles. The second-order valence-electron chi connectivity index (χ2n) is 5.05. The maximum atomic E-state index is 12.1. The van der Waals surface area contributed by atoms with E-state index in [1.165, 1.54) is 30.6 Å². The number of aryl methyl sites for hydroxylation is 1. The average molecular weight is 382 g/mol. The second kappa shape index (κ2) is 7.35. The predicted octanol–water partition coefficient (Wildman–Crippen LogP) is 3.45. The van der Waals surface area contributed by atoms with Crippen LogP contribution in [0, 0.1) is 6.92 Å². The van der Waals surface area contributed by atoms with E-state index in [2.05, 4.69) is 20.7 Å². The van der Waals surface area contributed by atoms with Gasteiger partial charge >= 0.3 is 0 Å². The quantitative estimate of drug-likeness (QED) is 0.767. The Balaban J connectivity index is 1.77. The van der Waals surface area contributed by atoms with Crippen LogP contribution >= 0.6 is 27.3 Å². The fraction of sp³-hybridized carbons (Fsp3) is 0.692. The van der Waals surface area contributed by atoms with E-state index in [0.717, 1.165) is 22.2 Å². The van der Waals surface area contributed by atoms with Gasteiger partial charge in [0.25, 0.3) is 0 Å². The molecule has 1 aliphatic rings. The highest BCUT2D eigenvalue weighted by Gasteiger charge is 2.18. The van der Waals surface area contributed by atoms with Crippen LogP contribution in [-0.4, -0.2) is 27.7 Å². The standard InChI is InChI=1S/C13H20BrNO3S2/c1-10-9-12(19-13(10)14)20(16,17)15-7-8-18-11-5-3-2-4-6-11/h9,11,15H,2-8H2,1H3. The molecule has 0 aliphatic heterocycles. The Morgan fingerprint density at radius 1 is 1.40 bits per heavy atom. The molecule has 1 fully saturated rings. The molecule has 0 unspecified atom stereocenters. The highest BCUT2D eigenvalue weighted by Crippen LogP contribution is 2.30. The summed E-state index contributed by atoms with van der Waals surface area (Å²) < 4.78 is 33.7. The molecule has 1 saturated carbocycles. The summed E-state index contributed by atoms with van der Waals surface area (Å²) in [4.78, 5) is 0. The van der Waals surface area contributed by atoms with Crippen LogP contribution in [0.3, 0.4) is 0 Å². The van der Waals surface area contributed by atoms with Crippen molar-refractivity contribution < 1.29 is 13.2 Å². The van der Waals surface area contributed by atoms with Gasteiger partial charge in [0.1, 0.15) is 4.21 Å². The van der Waals surface area contributed by atoms with Gasteiger partial charge in [-0.05, 0) is 47.3 Å². The Bertz CT molecular complexity index is 516. The van der Waals surface area contributed by atoms with Gasteiger partial charge in [0, 0.05) is 6.54 Å². The lowest BCUT2D eigenvalue weighted by Gasteiger charge is -2.21. The first-order chi connectivity index (χ1) is 9.49. The van der Waals surface area contributed by atoms with Gasteiger partial charge in [-0.25, -0.2) is 13.1 Å². The minimum absolute atomic E-state index is 0.311. The first-order valence-electron chi connectivity index (χ1n) is 6.86. The number of hydrogen-bond acceptors (Lipinski definition) is 4. The molecule has 0 radical (unpaired) electrons. The lowest BCUT2D eigenvalue weighted by Crippen LogP contribution is -2.29. The average Bonchev–Trinajstić information content (AvgIpc) is 2.77. The molecular formula is C13H20BrNO3S2. The second-order valence-corrected chi connectivity index (χ2v) is 9.41. The summed E-state index contributed by atoms with van der Waals surface area (Å²) in [6, 6.07) is 1.68. The largest absolute Gasteiger partial charge is 0.377 e. The number of sulfonamides is 1. The molecule has 0 amide bonds. The highest BCUT2D eigenvalue weighted by molar-refractivity contribution is 9.11. The number of ether oxygens (including phenoxy) is 1. The van der Waals surface area contributed by atoms with Crippen molar-refractivity contribution in [1.82, 2.24) is 4.72 Å². The fourth-order valence-corrected chi connectivity index (χ4v) is 5.55. The predicted molar refractivity (Wildman–Crippen MR) is 84.8 cm³/mol. The summed E-state index contributed by atoms with van der Waals surface area (Å²) in [5, 5.41) is 0. The van der Waals surface area contributed by atoms with Gasteiger partial charge < -0.3 is 4.74 Å². The zero-order valence-electron chi connectivity index (χ0n) is 11.5. The Labute approximate surface area is 133 Å². The van der Waals surface area contributed by atoms with Crippen molar-refractivity contribution in [1.29, 1.82) is 0 Å². The van der Waals surface area contributed by atoms with E-state index in [-0.39, 0.29) is 0 Å². The number of nitrogens with one attached hydrogen (secondary N) is 1. The Kier molecular flexibility index (Phi) is 6.04. The minimum atomic E-state index is -3.41. The summed E-state index contributed by atoms with van der Waals surface area (Å²) in [6.45, 7) is 2.65. The molecular weight excluding hydrogens is 362 g/mol. The Morgan fingerprint density at radius 3 is 2.70 bits per heavy atom. The Hall–Kier alpha value is 0.0500. The lowest BCUT2D eigenvalue weighted by molar-refractivity contribution is 0.0321. The van der Waals surface area contributed by atoms with Crippen LogP contribution in [0.25, 0.3) is 0 Å². The summed E-state index contributed by atoms with van der Waals surface area (Å²) in [7, 11) is -3.41. The Morgan fingerprint density at radius 2 is 2.10 bits per heavy atom. The maximum absolute atomic E-state index is 12.1. The summed E-state index contributed by atoms with van der Waals surface area (Å²) in [6.07, 6.45) is 6.25. The smallest absolute Gasteiger partial charge is 0.250 e. The summed E-state index contributed by atoms with van der Waals surface area (Å²) in [5.41, 5.74) is 0.939. The van der Waals surface area contributed by atoms with Gasteiger partial charge in [0.2, 0.25) is 10.0 Å². The highest BCUT2D eigenvalue weighted by atomic mass is 79.9. The van der Waals surface area contributed by atoms with Gasteiger partial charge in [-0.2, -0.15) is 0 Å². The van der Waals surface area contributed by atoms with Gasteiger partial charge in [-0.1, -0.05) is 19.3 Å². The van der Waals surface area contributed by atoms with Crippen LogP contribution in [0.15, 0.2) is 14.1 Å². The van der Waals surface area contributed by atoms with E-state index >= 15 is 0 Å². The molecule has 1 aliphatic carbocycles. The molecule has 0 saturated heterocycles. The fourth-order valence-electron chi connectivity index (χ4n) is 2.27. The van der Waals surface area contributed by atoms with E-state index in [4.69, 9.17) is 4.74 Å². The normalized spacial score (nSPS) is 17.5. The number of hydrogen-bond donors (Lipinski definition) is 1. The molecule has 2 rings (SSSR count). The monoisotopic (exact) mass is 381 g/mol. The molecule has 0 bridgehead atoms. The van der Waals surface area contributed by atoms with Crippen molar-refractivity contribution >= 4 is 37.3 Å². The van der Waals surface area contributed by atoms with Crippen molar-refractivity contribution in [2.45, 2.75) is 49.3 Å². The zero-order valence-corrected chi connectivity index (χ0v) is 14.7. The molecule has 0 atom stereocenters. The van der Waals surface area contributed by atoms with Gasteiger partial charge in [0.05, 0.1) is 16.5 Å². The first-order valence-corrected chi connectivity index (χ1v) is 9.95. The third-order valence-corrected chi connectivity index (χ3v) is 7.47. The van der Waals surface area contributed by atoms with E-state index in [9.17, 15) is 8.42 Å². The number of halogens is 1. The lowest BCUT2D eigenvalue weighted by atomic mass is 9.98. The van der Waals surface area contributed by atoms with E-state index in [0.29, 0.717) is 23.5 Å². The first kappa shape index (κ1) is 16.4. The molecule has 0 spiro atoms. The van der Waals surface area contributed by atoms with Gasteiger partial charge in [0.15, 0.2) is 0 Å². The van der Waals surface area contributed by atoms with Crippen molar-refractivity contribution in [3.63, 3.8) is 0 Å². The topological polar surface area (TPSA) is 55.4 Å². The van der Waals surface area contributed by atoms with Gasteiger partial charge in [-0.15, -0.1) is 11.3 Å². The van der Waals surface area contributed by atoms with Crippen molar-refractivity contribution in [3.05, 3.63) is 15.4 Å². The molecule has 4 nitrogen and oxygen atoms in total. The van der Waals surface area contributed by atoms with Crippen LogP contribution in [0.4, 0.5) is 0 Å². The molecule has 20 heavy (non-hydrogen) atoms. The van der Waals surface area contributed by atoms with Crippen LogP contribution < -0.4 is 4.72 Å². The SMILES string of the molecule is Cc1cc(S(=O)(=O)NCCOC2CCCCC2)sc1Br. The van der Waals surface area contributed by atoms with Crippen molar-refractivity contribution in [3.8, 4) is 0 Å². The molecule has 1 N–H and O–H groups in total. The van der Waals surface area contributed by atoms with E-state index < -0.39 is 10.0 Å². The van der Waals surface area contributed by atoms with Gasteiger partial charge in [-0.3, -0.25) is 0 Å². The maximum Gasteiger partial charge on any atom is 0.250 e. The van der Waals surface area contributed by atoms with Crippen molar-refractivity contribution in [2.75, 3.05) is 13.2 Å².